The van der Waals surface area contributed by atoms with Crippen LogP contribution in [0.4, 0.5) is 0 Å². The lowest BCUT2D eigenvalue weighted by Crippen LogP contribution is -2.14. The van der Waals surface area contributed by atoms with Crippen LogP contribution in [-0.4, -0.2) is 30.2 Å². The number of aromatic nitrogens is 6. The molecule has 0 amide bonds. The van der Waals surface area contributed by atoms with Gasteiger partial charge in [-0.05, 0) is 11.5 Å². The normalized spacial score (nSPS) is 13.1. The molecule has 3 N–H and O–H groups in total. The molecule has 62 valence electrons. The number of tetrazole rings is 1. The average Bonchev–Trinajstić information content (AvgIpc) is 2.77. The molecule has 2 heterocycles. The molecule has 0 aromatic carbocycles. The van der Waals surface area contributed by atoms with Gasteiger partial charge in [-0.2, -0.15) is 5.21 Å². The van der Waals surface area contributed by atoms with Crippen LogP contribution >= 0.6 is 11.5 Å². The van der Waals surface area contributed by atoms with Crippen LogP contribution in [0.15, 0.2) is 5.38 Å². The molecule has 0 saturated carbocycles. The Morgan fingerprint density at radius 3 is 3.00 bits per heavy atom. The Morgan fingerprint density at radius 2 is 2.42 bits per heavy atom. The van der Waals surface area contributed by atoms with Crippen molar-refractivity contribution >= 4 is 11.5 Å². The zero-order chi connectivity index (χ0) is 8.39. The van der Waals surface area contributed by atoms with Crippen molar-refractivity contribution in [3.8, 4) is 0 Å². The highest BCUT2D eigenvalue weighted by Crippen LogP contribution is 2.12. The molecule has 2 aromatic rings. The Balaban J connectivity index is 2.27. The Labute approximate surface area is 71.2 Å². The van der Waals surface area contributed by atoms with E-state index < -0.39 is 6.04 Å². The maximum absolute atomic E-state index is 5.72. The summed E-state index contributed by atoms with van der Waals surface area (Å²) in [5.74, 6) is 0.419. The summed E-state index contributed by atoms with van der Waals surface area (Å²) in [7, 11) is 0. The molecule has 0 aliphatic heterocycles. The third-order valence-corrected chi connectivity index (χ3v) is 1.86. The number of nitrogens with one attached hydrogen (secondary N) is 1. The van der Waals surface area contributed by atoms with Gasteiger partial charge in [-0.15, -0.1) is 15.3 Å². The highest BCUT2D eigenvalue weighted by molar-refractivity contribution is 7.03. The Kier molecular flexibility index (Phi) is 1.76. The molecular formula is C4H5N7S. The van der Waals surface area contributed by atoms with Crippen LogP contribution in [-0.2, 0) is 0 Å². The van der Waals surface area contributed by atoms with Gasteiger partial charge in [0, 0.05) is 5.38 Å². The summed E-state index contributed by atoms with van der Waals surface area (Å²) < 4.78 is 3.68. The van der Waals surface area contributed by atoms with Gasteiger partial charge in [0.05, 0.1) is 0 Å². The number of hydrogen-bond acceptors (Lipinski definition) is 7. The van der Waals surface area contributed by atoms with Gasteiger partial charge in [0.25, 0.3) is 0 Å². The second kappa shape index (κ2) is 2.91. The molecule has 0 bridgehead atoms. The van der Waals surface area contributed by atoms with Gasteiger partial charge < -0.3 is 5.73 Å². The zero-order valence-corrected chi connectivity index (χ0v) is 6.69. The van der Waals surface area contributed by atoms with Crippen LogP contribution in [0.5, 0.6) is 0 Å². The molecule has 0 fully saturated rings. The topological polar surface area (TPSA) is 106 Å². The predicted molar refractivity (Wildman–Crippen MR) is 40.1 cm³/mol. The number of aromatic amines is 1. The maximum atomic E-state index is 5.72. The molecule has 7 nitrogen and oxygen atoms in total. The molecule has 2 aromatic heterocycles. The summed E-state index contributed by atoms with van der Waals surface area (Å²) in [4.78, 5) is 0. The molecule has 2 rings (SSSR count). The summed E-state index contributed by atoms with van der Waals surface area (Å²) in [5, 5.41) is 18.7. The first kappa shape index (κ1) is 7.25. The largest absolute Gasteiger partial charge is 0.316 e. The lowest BCUT2D eigenvalue weighted by molar-refractivity contribution is 0.752. The van der Waals surface area contributed by atoms with Crippen LogP contribution in [0.3, 0.4) is 0 Å². The summed E-state index contributed by atoms with van der Waals surface area (Å²) >= 11 is 1.24. The van der Waals surface area contributed by atoms with Crippen molar-refractivity contribution in [3.63, 3.8) is 0 Å². The minimum Gasteiger partial charge on any atom is -0.316 e. The van der Waals surface area contributed by atoms with Gasteiger partial charge in [-0.25, -0.2) is 0 Å². The number of H-pyrrole nitrogens is 1. The SMILES string of the molecule is NC(c1csnn1)c1nn[nH]n1. The van der Waals surface area contributed by atoms with E-state index in [-0.39, 0.29) is 0 Å². The summed E-state index contributed by atoms with van der Waals surface area (Å²) in [5.41, 5.74) is 6.38. The predicted octanol–water partition coefficient (Wildman–Crippen LogP) is -0.901. The molecule has 0 aliphatic rings. The first-order valence-corrected chi connectivity index (χ1v) is 3.97. The second-order valence-corrected chi connectivity index (χ2v) is 2.69. The summed E-state index contributed by atoms with van der Waals surface area (Å²) in [6.45, 7) is 0. The molecular weight excluding hydrogens is 178 g/mol. The Bertz CT molecular complexity index is 292. The summed E-state index contributed by atoms with van der Waals surface area (Å²) in [6.07, 6.45) is 0. The Morgan fingerprint density at radius 1 is 1.50 bits per heavy atom. The van der Waals surface area contributed by atoms with Crippen molar-refractivity contribution in [2.45, 2.75) is 6.04 Å². The fourth-order valence-corrected chi connectivity index (χ4v) is 1.23. The quantitative estimate of drug-likeness (QED) is 0.624. The minimum absolute atomic E-state index is 0.419. The zero-order valence-electron chi connectivity index (χ0n) is 5.88. The van der Waals surface area contributed by atoms with E-state index in [1.807, 2.05) is 0 Å². The van der Waals surface area contributed by atoms with Crippen molar-refractivity contribution in [1.82, 2.24) is 30.2 Å². The standard InChI is InChI=1S/C4H5N7S/c5-3(2-1-12-11-6-2)4-7-9-10-8-4/h1,3H,5H2,(H,7,8,9,10). The Hall–Kier alpha value is -1.41. The van der Waals surface area contributed by atoms with E-state index in [0.717, 1.165) is 0 Å². The lowest BCUT2D eigenvalue weighted by Gasteiger charge is -1.99. The number of nitrogens with two attached hydrogens (primary N) is 1. The minimum atomic E-state index is -0.442. The van der Waals surface area contributed by atoms with Crippen LogP contribution in [0, 0.1) is 0 Å². The van der Waals surface area contributed by atoms with Gasteiger partial charge in [0.15, 0.2) is 5.82 Å². The number of rotatable bonds is 2. The fraction of sp³-hybridized carbons (Fsp3) is 0.250. The number of hydrogen-bond donors (Lipinski definition) is 2. The van der Waals surface area contributed by atoms with E-state index >= 15 is 0 Å². The molecule has 0 spiro atoms. The van der Waals surface area contributed by atoms with Crippen LogP contribution in [0.25, 0.3) is 0 Å². The van der Waals surface area contributed by atoms with Crippen molar-refractivity contribution in [2.75, 3.05) is 0 Å². The van der Waals surface area contributed by atoms with E-state index in [0.29, 0.717) is 11.5 Å². The van der Waals surface area contributed by atoms with Gasteiger partial charge in [0.1, 0.15) is 11.7 Å². The van der Waals surface area contributed by atoms with Crippen molar-refractivity contribution < 1.29 is 0 Å². The average molecular weight is 183 g/mol. The van der Waals surface area contributed by atoms with Gasteiger partial charge >= 0.3 is 0 Å². The van der Waals surface area contributed by atoms with Crippen LogP contribution < -0.4 is 5.73 Å². The van der Waals surface area contributed by atoms with Crippen LogP contribution in [0.1, 0.15) is 17.6 Å². The first-order chi connectivity index (χ1) is 5.88. The van der Waals surface area contributed by atoms with E-state index in [2.05, 4.69) is 30.2 Å². The maximum Gasteiger partial charge on any atom is 0.197 e. The van der Waals surface area contributed by atoms with Crippen molar-refractivity contribution in [1.29, 1.82) is 0 Å². The smallest absolute Gasteiger partial charge is 0.197 e. The third-order valence-electron chi connectivity index (χ3n) is 1.34. The first-order valence-electron chi connectivity index (χ1n) is 3.14. The molecule has 8 heteroatoms. The van der Waals surface area contributed by atoms with Gasteiger partial charge in [0.2, 0.25) is 0 Å². The van der Waals surface area contributed by atoms with E-state index in [1.54, 1.807) is 5.38 Å². The molecule has 0 aliphatic carbocycles. The van der Waals surface area contributed by atoms with E-state index in [4.69, 9.17) is 5.73 Å². The second-order valence-electron chi connectivity index (χ2n) is 2.08. The fourth-order valence-electron chi connectivity index (χ4n) is 0.741. The molecule has 0 radical (unpaired) electrons. The van der Waals surface area contributed by atoms with Crippen molar-refractivity contribution in [2.24, 2.45) is 5.73 Å². The molecule has 0 saturated heterocycles. The van der Waals surface area contributed by atoms with Crippen LogP contribution in [0.2, 0.25) is 0 Å². The molecule has 1 unspecified atom stereocenters. The number of nitrogens with zero attached hydrogens (tertiary/aromatic N) is 5. The van der Waals surface area contributed by atoms with Gasteiger partial charge in [-0.3, -0.25) is 0 Å². The highest BCUT2D eigenvalue weighted by Gasteiger charge is 2.15. The molecule has 1 atom stereocenters. The summed E-state index contributed by atoms with van der Waals surface area (Å²) in [6, 6.07) is -0.442. The monoisotopic (exact) mass is 183 g/mol. The van der Waals surface area contributed by atoms with E-state index in [1.165, 1.54) is 11.5 Å². The van der Waals surface area contributed by atoms with Gasteiger partial charge in [-0.1, -0.05) is 9.70 Å². The highest BCUT2D eigenvalue weighted by atomic mass is 32.1. The molecule has 12 heavy (non-hydrogen) atoms. The third kappa shape index (κ3) is 1.17. The van der Waals surface area contributed by atoms with E-state index in [9.17, 15) is 0 Å². The van der Waals surface area contributed by atoms with Crippen molar-refractivity contribution in [3.05, 3.63) is 16.9 Å². The lowest BCUT2D eigenvalue weighted by atomic mass is 10.2.